The fourth-order valence-corrected chi connectivity index (χ4v) is 4.09. The lowest BCUT2D eigenvalue weighted by Crippen LogP contribution is -2.15. The normalized spacial score (nSPS) is 12.8. The summed E-state index contributed by atoms with van der Waals surface area (Å²) in [4.78, 5) is 23.5. The predicted molar refractivity (Wildman–Crippen MR) is 116 cm³/mol. The van der Waals surface area contributed by atoms with Crippen molar-refractivity contribution >= 4 is 44.8 Å². The van der Waals surface area contributed by atoms with Crippen LogP contribution in [0.5, 0.6) is 5.75 Å². The summed E-state index contributed by atoms with van der Waals surface area (Å²) in [6.45, 7) is 0.862. The molecule has 0 spiro atoms. The summed E-state index contributed by atoms with van der Waals surface area (Å²) < 4.78 is 5.33. The molecule has 1 amide bonds. The van der Waals surface area contributed by atoms with Crippen LogP contribution in [0.15, 0.2) is 60.1 Å². The van der Waals surface area contributed by atoms with Crippen LogP contribution in [-0.4, -0.2) is 29.5 Å². The van der Waals surface area contributed by atoms with Crippen LogP contribution < -0.4 is 15.0 Å². The number of ether oxygens (including phenoxy) is 1. The maximum absolute atomic E-state index is 12.4. The highest BCUT2D eigenvalue weighted by Crippen LogP contribution is 2.35. The Bertz CT molecular complexity index is 1190. The summed E-state index contributed by atoms with van der Waals surface area (Å²) >= 11 is 1.40. The van der Waals surface area contributed by atoms with Crippen molar-refractivity contribution in [1.29, 1.82) is 0 Å². The zero-order valence-corrected chi connectivity index (χ0v) is 16.6. The van der Waals surface area contributed by atoms with E-state index in [4.69, 9.17) is 9.72 Å². The smallest absolute Gasteiger partial charge is 0.257 e. The number of pyridine rings is 1. The van der Waals surface area contributed by atoms with Gasteiger partial charge in [-0.2, -0.15) is 0 Å². The van der Waals surface area contributed by atoms with Crippen molar-refractivity contribution in [3.8, 4) is 5.75 Å². The van der Waals surface area contributed by atoms with E-state index in [0.717, 1.165) is 41.1 Å². The number of anilines is 3. The summed E-state index contributed by atoms with van der Waals surface area (Å²) in [5.74, 6) is 1.60. The summed E-state index contributed by atoms with van der Waals surface area (Å²) in [6, 6.07) is 15.7. The monoisotopic (exact) mass is 402 g/mol. The van der Waals surface area contributed by atoms with Gasteiger partial charge in [0.15, 0.2) is 5.13 Å². The fourth-order valence-electron chi connectivity index (χ4n) is 3.56. The van der Waals surface area contributed by atoms with Gasteiger partial charge in [-0.05, 0) is 54.4 Å². The van der Waals surface area contributed by atoms with Gasteiger partial charge in [-0.3, -0.25) is 10.1 Å². The number of methoxy groups -OCH3 is 1. The number of carbonyl (C=O) groups excluding carboxylic acids is 1. The lowest BCUT2D eigenvalue weighted by atomic mass is 10.1. The van der Waals surface area contributed by atoms with Crippen molar-refractivity contribution in [3.05, 3.63) is 71.2 Å². The Morgan fingerprint density at radius 1 is 1.17 bits per heavy atom. The molecule has 0 atom stereocenters. The third kappa shape index (κ3) is 3.30. The number of amides is 1. The number of rotatable bonds is 4. The number of benzene rings is 2. The Balaban J connectivity index is 1.42. The van der Waals surface area contributed by atoms with Gasteiger partial charge in [0, 0.05) is 40.8 Å². The third-order valence-electron chi connectivity index (χ3n) is 5.04. The second-order valence-electron chi connectivity index (χ2n) is 6.77. The lowest BCUT2D eigenvalue weighted by molar-refractivity contribution is 0.102. The molecule has 6 nitrogen and oxygen atoms in total. The molecule has 144 valence electrons. The van der Waals surface area contributed by atoms with Gasteiger partial charge in [-0.1, -0.05) is 0 Å². The Kier molecular flexibility index (Phi) is 4.37. The topological polar surface area (TPSA) is 67.3 Å². The molecule has 3 heterocycles. The summed E-state index contributed by atoms with van der Waals surface area (Å²) in [5, 5.41) is 6.34. The minimum absolute atomic E-state index is 0.162. The van der Waals surface area contributed by atoms with Gasteiger partial charge < -0.3 is 9.64 Å². The molecule has 0 saturated carbocycles. The minimum Gasteiger partial charge on any atom is -0.497 e. The van der Waals surface area contributed by atoms with Crippen molar-refractivity contribution in [2.45, 2.75) is 6.42 Å². The third-order valence-corrected chi connectivity index (χ3v) is 5.72. The van der Waals surface area contributed by atoms with Gasteiger partial charge in [0.05, 0.1) is 12.6 Å². The average Bonchev–Trinajstić information content (AvgIpc) is 3.41. The molecule has 7 heteroatoms. The number of thiazole rings is 1. The van der Waals surface area contributed by atoms with Gasteiger partial charge in [-0.25, -0.2) is 9.97 Å². The Labute approximate surface area is 171 Å². The SMILES string of the molecule is COc1ccc2cc3c(nc2c1)N(c1ccc(C(=O)Nc2nccs2)cc1)CC3. The van der Waals surface area contributed by atoms with E-state index in [1.54, 1.807) is 13.3 Å². The predicted octanol–water partition coefficient (Wildman–Crippen LogP) is 4.65. The minimum atomic E-state index is -0.162. The molecule has 1 aliphatic rings. The van der Waals surface area contributed by atoms with Gasteiger partial charge in [0.25, 0.3) is 5.91 Å². The highest BCUT2D eigenvalue weighted by molar-refractivity contribution is 7.13. The molecule has 1 aliphatic heterocycles. The molecule has 5 rings (SSSR count). The van der Waals surface area contributed by atoms with E-state index in [1.165, 1.54) is 16.9 Å². The Morgan fingerprint density at radius 2 is 2.03 bits per heavy atom. The maximum Gasteiger partial charge on any atom is 0.257 e. The number of nitrogens with one attached hydrogen (secondary N) is 1. The van der Waals surface area contributed by atoms with E-state index in [-0.39, 0.29) is 5.91 Å². The quantitative estimate of drug-likeness (QED) is 0.538. The first-order valence-corrected chi connectivity index (χ1v) is 10.2. The first-order valence-electron chi connectivity index (χ1n) is 9.27. The molecule has 0 fully saturated rings. The highest BCUT2D eigenvalue weighted by Gasteiger charge is 2.23. The van der Waals surface area contributed by atoms with Crippen LogP contribution in [0.1, 0.15) is 15.9 Å². The van der Waals surface area contributed by atoms with E-state index in [9.17, 15) is 4.79 Å². The van der Waals surface area contributed by atoms with E-state index in [2.05, 4.69) is 21.3 Å². The average molecular weight is 402 g/mol. The zero-order valence-electron chi connectivity index (χ0n) is 15.8. The fraction of sp³-hybridized carbons (Fsp3) is 0.136. The first kappa shape index (κ1) is 17.6. The molecule has 0 saturated heterocycles. The maximum atomic E-state index is 12.4. The van der Waals surface area contributed by atoms with Crippen LogP contribution >= 0.6 is 11.3 Å². The van der Waals surface area contributed by atoms with E-state index >= 15 is 0 Å². The van der Waals surface area contributed by atoms with Crippen molar-refractivity contribution in [1.82, 2.24) is 9.97 Å². The van der Waals surface area contributed by atoms with Crippen LogP contribution in [-0.2, 0) is 6.42 Å². The molecule has 0 aliphatic carbocycles. The molecule has 29 heavy (non-hydrogen) atoms. The number of carbonyl (C=O) groups is 1. The van der Waals surface area contributed by atoms with Gasteiger partial charge in [0.1, 0.15) is 11.6 Å². The van der Waals surface area contributed by atoms with E-state index < -0.39 is 0 Å². The van der Waals surface area contributed by atoms with Crippen LogP contribution in [0, 0.1) is 0 Å². The van der Waals surface area contributed by atoms with Crippen LogP contribution in [0.25, 0.3) is 10.9 Å². The molecular weight excluding hydrogens is 384 g/mol. The molecule has 0 radical (unpaired) electrons. The molecule has 1 N–H and O–H groups in total. The number of hydrogen-bond donors (Lipinski definition) is 1. The summed E-state index contributed by atoms with van der Waals surface area (Å²) in [7, 11) is 1.66. The van der Waals surface area contributed by atoms with Gasteiger partial charge >= 0.3 is 0 Å². The van der Waals surface area contributed by atoms with Crippen molar-refractivity contribution < 1.29 is 9.53 Å². The number of fused-ring (bicyclic) bond motifs is 2. The molecular formula is C22H18N4O2S. The second kappa shape index (κ2) is 7.18. The highest BCUT2D eigenvalue weighted by atomic mass is 32.1. The van der Waals surface area contributed by atoms with Crippen LogP contribution in [0.4, 0.5) is 16.6 Å². The molecule has 4 aromatic rings. The number of hydrogen-bond acceptors (Lipinski definition) is 6. The lowest BCUT2D eigenvalue weighted by Gasteiger charge is -2.19. The standard InChI is InChI=1S/C22H18N4O2S/c1-28-18-7-4-15-12-16-8-10-26(20(16)24-19(15)13-18)17-5-2-14(3-6-17)21(27)25-22-23-9-11-29-22/h2-7,9,11-13H,8,10H2,1H3,(H,23,25,27). The van der Waals surface area contributed by atoms with Crippen LogP contribution in [0.2, 0.25) is 0 Å². The molecule has 0 unspecified atom stereocenters. The van der Waals surface area contributed by atoms with E-state index in [1.807, 2.05) is 47.8 Å². The van der Waals surface area contributed by atoms with Crippen molar-refractivity contribution in [3.63, 3.8) is 0 Å². The Morgan fingerprint density at radius 3 is 2.79 bits per heavy atom. The second-order valence-corrected chi connectivity index (χ2v) is 7.66. The molecule has 2 aromatic heterocycles. The molecule has 0 bridgehead atoms. The summed E-state index contributed by atoms with van der Waals surface area (Å²) in [6.07, 6.45) is 2.61. The molecule has 2 aromatic carbocycles. The van der Waals surface area contributed by atoms with Crippen molar-refractivity contribution in [2.75, 3.05) is 23.9 Å². The van der Waals surface area contributed by atoms with Crippen molar-refractivity contribution in [2.24, 2.45) is 0 Å². The zero-order chi connectivity index (χ0) is 19.8. The number of nitrogens with zero attached hydrogens (tertiary/aromatic N) is 3. The first-order chi connectivity index (χ1) is 14.2. The Hall–Kier alpha value is -3.45. The number of aromatic nitrogens is 2. The van der Waals surface area contributed by atoms with Gasteiger partial charge in [-0.15, -0.1) is 11.3 Å². The van der Waals surface area contributed by atoms with Gasteiger partial charge in [0.2, 0.25) is 0 Å². The largest absolute Gasteiger partial charge is 0.497 e. The van der Waals surface area contributed by atoms with E-state index in [0.29, 0.717) is 10.7 Å². The summed E-state index contributed by atoms with van der Waals surface area (Å²) in [5.41, 5.74) is 3.76. The van der Waals surface area contributed by atoms with Crippen LogP contribution in [0.3, 0.4) is 0 Å².